The molecule has 2 amide bonds. The van der Waals surface area contributed by atoms with Gasteiger partial charge in [-0.25, -0.2) is 9.18 Å². The molecule has 79 heavy (non-hydrogen) atoms. The van der Waals surface area contributed by atoms with Gasteiger partial charge in [-0.05, 0) is 145 Å². The first-order chi connectivity index (χ1) is 38.5. The summed E-state index contributed by atoms with van der Waals surface area (Å²) < 4.78 is 28.5. The molecule has 19 heteroatoms. The molecule has 0 aliphatic carbocycles. The molecule has 0 bridgehead atoms. The van der Waals surface area contributed by atoms with Crippen molar-refractivity contribution in [2.75, 3.05) is 57.3 Å². The Kier molecular flexibility index (Phi) is 16.7. The Bertz CT molecular complexity index is 3610. The summed E-state index contributed by atoms with van der Waals surface area (Å²) in [5, 5.41) is 38.3. The van der Waals surface area contributed by atoms with Gasteiger partial charge in [-0.15, -0.1) is 0 Å². The average Bonchev–Trinajstić information content (AvgIpc) is 3.88. The molecule has 0 radical (unpaired) electrons. The van der Waals surface area contributed by atoms with Gasteiger partial charge in [0.2, 0.25) is 5.91 Å². The van der Waals surface area contributed by atoms with Crippen LogP contribution in [0.4, 0.5) is 21.5 Å². The standard InChI is InChI=1S/C60H62FN11O7/c1-2-3-11-38-30-47-53(48-31-39-13-6-7-25-71-26-10-17-45(56(39)71)58(48)79-57(47)44-16-9-22-65-54(38)44)46-32-40(19-20-43(46)60(76)77)59(75)66-24-27-72(34-36-28-49(61)55(68-70-63)50(29-36)67-69-62)52(74)21-23-64-33-41(73)35-78-51-18-8-14-37-12-4-5-15-42(37)51/h4-5,8,12,14-15,18-20,28-32,41,64,73H,2-3,6-7,9-11,13,16-17,21-27,33-35H2,1H3,(H,66,75)(H,76,77)/t41-/m0/s1. The maximum atomic E-state index is 15.4. The molecule has 0 aromatic heterocycles. The number of aryl methyl sites for hydroxylation is 2. The molecule has 10 rings (SSSR count). The highest BCUT2D eigenvalue weighted by atomic mass is 19.1. The number of ether oxygens (including phenoxy) is 2. The van der Waals surface area contributed by atoms with Crippen LogP contribution in [0.2, 0.25) is 0 Å². The molecule has 406 valence electrons. The third kappa shape index (κ3) is 11.6. The number of hydrogen-bond donors (Lipinski definition) is 4. The molecule has 6 aromatic carbocycles. The van der Waals surface area contributed by atoms with E-state index in [-0.39, 0.29) is 74.0 Å². The smallest absolute Gasteiger partial charge is 0.336 e. The predicted octanol–water partition coefficient (Wildman–Crippen LogP) is 10.1. The number of fused-ring (bicyclic) bond motifs is 6. The molecule has 0 spiro atoms. The van der Waals surface area contributed by atoms with Crippen LogP contribution in [0.25, 0.3) is 37.2 Å². The van der Waals surface area contributed by atoms with Gasteiger partial charge < -0.3 is 40.1 Å². The van der Waals surface area contributed by atoms with E-state index in [4.69, 9.17) is 20.0 Å². The molecule has 0 unspecified atom stereocenters. The number of carbonyl (C=O) groups excluding carboxylic acids is 2. The highest BCUT2D eigenvalue weighted by molar-refractivity contribution is 6.03. The summed E-state index contributed by atoms with van der Waals surface area (Å²) >= 11 is 0. The van der Waals surface area contributed by atoms with Crippen LogP contribution in [-0.4, -0.2) is 91.4 Å². The van der Waals surface area contributed by atoms with E-state index in [0.29, 0.717) is 29.2 Å². The van der Waals surface area contributed by atoms with Crippen molar-refractivity contribution < 1.29 is 38.5 Å². The molecule has 6 aromatic rings. The monoisotopic (exact) mass is 1070 g/mol. The van der Waals surface area contributed by atoms with Crippen molar-refractivity contribution >= 4 is 51.2 Å². The minimum atomic E-state index is -1.15. The normalized spacial score (nSPS) is 14.4. The van der Waals surface area contributed by atoms with Crippen molar-refractivity contribution in [1.82, 2.24) is 15.5 Å². The van der Waals surface area contributed by atoms with Gasteiger partial charge in [0.15, 0.2) is 0 Å². The van der Waals surface area contributed by atoms with Crippen molar-refractivity contribution in [3.05, 3.63) is 172 Å². The quantitative estimate of drug-likeness (QED) is 0.0231. The van der Waals surface area contributed by atoms with Gasteiger partial charge in [0.25, 0.3) is 5.91 Å². The zero-order valence-corrected chi connectivity index (χ0v) is 44.1. The number of halogens is 1. The number of nitrogens with one attached hydrogen (secondary N) is 2. The number of aliphatic hydroxyl groups is 1. The molecule has 1 atom stereocenters. The Hall–Kier alpha value is -8.47. The van der Waals surface area contributed by atoms with Gasteiger partial charge in [-0.2, -0.15) is 0 Å². The van der Waals surface area contributed by atoms with Crippen LogP contribution in [0.1, 0.15) is 112 Å². The summed E-state index contributed by atoms with van der Waals surface area (Å²) in [5.74, 6) is -0.958. The number of anilines is 1. The molecule has 0 saturated heterocycles. The number of carbonyl (C=O) groups is 3. The first-order valence-corrected chi connectivity index (χ1v) is 27.3. The number of unbranched alkanes of at least 4 members (excludes halogenated alkanes) is 1. The number of rotatable bonds is 21. The van der Waals surface area contributed by atoms with E-state index < -0.39 is 29.5 Å². The minimum Gasteiger partial charge on any atom is -0.490 e. The van der Waals surface area contributed by atoms with Crippen molar-refractivity contribution in [3.8, 4) is 17.2 Å². The zero-order chi connectivity index (χ0) is 55.0. The van der Waals surface area contributed by atoms with Gasteiger partial charge >= 0.3 is 5.97 Å². The van der Waals surface area contributed by atoms with Crippen LogP contribution in [-0.2, 0) is 37.0 Å². The van der Waals surface area contributed by atoms with E-state index in [1.807, 2.05) is 42.5 Å². The lowest BCUT2D eigenvalue weighted by atomic mass is 9.82. The number of carboxylic acid groups (broad SMARTS) is 1. The lowest BCUT2D eigenvalue weighted by Crippen LogP contribution is -2.40. The van der Waals surface area contributed by atoms with E-state index in [2.05, 4.69) is 54.6 Å². The van der Waals surface area contributed by atoms with Crippen molar-refractivity contribution in [2.45, 2.75) is 90.2 Å². The van der Waals surface area contributed by atoms with E-state index in [1.54, 1.807) is 6.07 Å². The largest absolute Gasteiger partial charge is 0.490 e. The van der Waals surface area contributed by atoms with Gasteiger partial charge in [0.05, 0.1) is 22.3 Å². The van der Waals surface area contributed by atoms with Crippen LogP contribution in [0.5, 0.6) is 17.2 Å². The summed E-state index contributed by atoms with van der Waals surface area (Å²) in [6, 6.07) is 24.8. The fraction of sp³-hybridized carbons (Fsp3) is 0.367. The third-order valence-electron chi connectivity index (χ3n) is 15.2. The van der Waals surface area contributed by atoms with E-state index >= 15 is 4.39 Å². The second-order valence-electron chi connectivity index (χ2n) is 20.4. The van der Waals surface area contributed by atoms with Crippen molar-refractivity contribution in [3.63, 3.8) is 0 Å². The predicted molar refractivity (Wildman–Crippen MR) is 299 cm³/mol. The number of benzene rings is 6. The number of carboxylic acids is 1. The SMILES string of the molecule is CCCCc1cc2c(c3c1=NCCC3)Oc1c(cc3c4c1CCCN4CCCC3)C=2c1cc(C(=O)NCCN(Cc2cc(F)c(N=[N+]=[N-])c(N=[N+]=[N-])c2)C(=O)CCNC[C@H](O)COc2cccc3ccccc23)ccc1C(=O)O. The number of aliphatic hydroxyl groups excluding tert-OH is 1. The summed E-state index contributed by atoms with van der Waals surface area (Å²) in [6.45, 7) is 4.74. The van der Waals surface area contributed by atoms with Crippen LogP contribution >= 0.6 is 0 Å². The van der Waals surface area contributed by atoms with Crippen LogP contribution in [0.15, 0.2) is 100 Å². The summed E-state index contributed by atoms with van der Waals surface area (Å²) in [7, 11) is 0. The van der Waals surface area contributed by atoms with Crippen LogP contribution in [0, 0.1) is 5.82 Å². The molecule has 0 fully saturated rings. The van der Waals surface area contributed by atoms with E-state index in [1.165, 1.54) is 34.3 Å². The van der Waals surface area contributed by atoms with Gasteiger partial charge in [-0.1, -0.05) is 60.0 Å². The summed E-state index contributed by atoms with van der Waals surface area (Å²) in [6.07, 6.45) is 8.10. The second-order valence-corrected chi connectivity index (χ2v) is 20.4. The number of amides is 2. The molecule has 4 aliphatic rings. The maximum Gasteiger partial charge on any atom is 0.336 e. The molecule has 4 heterocycles. The first-order valence-electron chi connectivity index (χ1n) is 27.3. The van der Waals surface area contributed by atoms with E-state index in [0.717, 1.165) is 133 Å². The van der Waals surface area contributed by atoms with Crippen molar-refractivity contribution in [2.24, 2.45) is 15.2 Å². The molecule has 18 nitrogen and oxygen atoms in total. The highest BCUT2D eigenvalue weighted by Crippen LogP contribution is 2.49. The Morgan fingerprint density at radius 3 is 2.57 bits per heavy atom. The number of aromatic carboxylic acids is 1. The van der Waals surface area contributed by atoms with Gasteiger partial charge in [-0.3, -0.25) is 14.6 Å². The number of nitrogens with zero attached hydrogens (tertiary/aromatic N) is 9. The number of azide groups is 2. The zero-order valence-electron chi connectivity index (χ0n) is 44.1. The van der Waals surface area contributed by atoms with Gasteiger partial charge in [0, 0.05) is 113 Å². The Morgan fingerprint density at radius 1 is 0.911 bits per heavy atom. The Morgan fingerprint density at radius 2 is 1.73 bits per heavy atom. The highest BCUT2D eigenvalue weighted by Gasteiger charge is 2.35. The molecule has 4 N–H and O–H groups in total. The second kappa shape index (κ2) is 24.5. The fourth-order valence-electron chi connectivity index (χ4n) is 11.5. The lowest BCUT2D eigenvalue weighted by molar-refractivity contribution is -0.131. The summed E-state index contributed by atoms with van der Waals surface area (Å²) in [4.78, 5) is 56.3. The molecular weight excluding hydrogens is 1010 g/mol. The van der Waals surface area contributed by atoms with Gasteiger partial charge in [0.1, 0.15) is 35.8 Å². The Labute approximate surface area is 455 Å². The Balaban J connectivity index is 0.935. The van der Waals surface area contributed by atoms with Crippen LogP contribution < -0.4 is 35.6 Å². The third-order valence-corrected chi connectivity index (χ3v) is 15.2. The first kappa shape index (κ1) is 53.9. The summed E-state index contributed by atoms with van der Waals surface area (Å²) in [5.41, 5.74) is 25.5. The number of hydrogen-bond acceptors (Lipinski definition) is 11. The molecule has 0 saturated carbocycles. The lowest BCUT2D eigenvalue weighted by Gasteiger charge is -2.36. The van der Waals surface area contributed by atoms with E-state index in [9.17, 15) is 30.1 Å². The molecule has 4 aliphatic heterocycles. The molecular formula is C60H62FN11O7. The fourth-order valence-corrected chi connectivity index (χ4v) is 11.5. The minimum absolute atomic E-state index is 0.000443. The average molecular weight is 1070 g/mol. The van der Waals surface area contributed by atoms with Crippen LogP contribution in [0.3, 0.4) is 0 Å². The maximum absolute atomic E-state index is 15.4. The topological polar surface area (TPSA) is 251 Å². The van der Waals surface area contributed by atoms with Crippen molar-refractivity contribution in [1.29, 1.82) is 0 Å².